The molecular formula is C19H26ClN3O2. The molecule has 25 heavy (non-hydrogen) atoms. The van der Waals surface area contributed by atoms with E-state index in [9.17, 15) is 4.79 Å². The molecule has 0 unspecified atom stereocenters. The number of hydrogen-bond donors (Lipinski definition) is 0. The van der Waals surface area contributed by atoms with Crippen molar-refractivity contribution in [2.45, 2.75) is 37.8 Å². The van der Waals surface area contributed by atoms with E-state index < -0.39 is 0 Å². The highest BCUT2D eigenvalue weighted by atomic mass is 35.5. The van der Waals surface area contributed by atoms with Gasteiger partial charge in [0.1, 0.15) is 11.9 Å². The zero-order chi connectivity index (χ0) is 17.2. The van der Waals surface area contributed by atoms with Crippen molar-refractivity contribution in [2.24, 2.45) is 0 Å². The SMILES string of the molecule is O=C(N1CCCN(C2CCC2)CC1)N1CC(Oc2ccc(Cl)cc2)C1. The van der Waals surface area contributed by atoms with E-state index >= 15 is 0 Å². The van der Waals surface area contributed by atoms with Crippen LogP contribution < -0.4 is 4.74 Å². The van der Waals surface area contributed by atoms with E-state index in [1.54, 1.807) is 0 Å². The van der Waals surface area contributed by atoms with Crippen LogP contribution in [0.4, 0.5) is 4.79 Å². The van der Waals surface area contributed by atoms with Gasteiger partial charge in [-0.1, -0.05) is 18.0 Å². The minimum Gasteiger partial charge on any atom is -0.487 e. The minimum atomic E-state index is 0.0866. The molecule has 1 aliphatic carbocycles. The molecule has 5 nitrogen and oxygen atoms in total. The molecule has 2 aliphatic heterocycles. The Morgan fingerprint density at radius 3 is 2.40 bits per heavy atom. The van der Waals surface area contributed by atoms with Crippen molar-refractivity contribution in [1.82, 2.24) is 14.7 Å². The molecule has 0 atom stereocenters. The molecule has 0 bridgehead atoms. The molecule has 3 aliphatic rings. The molecule has 1 aromatic rings. The zero-order valence-corrected chi connectivity index (χ0v) is 15.3. The predicted molar refractivity (Wildman–Crippen MR) is 98.2 cm³/mol. The molecule has 0 spiro atoms. The number of rotatable bonds is 3. The van der Waals surface area contributed by atoms with Gasteiger partial charge in [-0.15, -0.1) is 0 Å². The Hall–Kier alpha value is -1.46. The smallest absolute Gasteiger partial charge is 0.320 e. The molecule has 0 aromatic heterocycles. The molecule has 0 N–H and O–H groups in total. The number of benzene rings is 1. The second kappa shape index (κ2) is 7.42. The van der Waals surface area contributed by atoms with Crippen LogP contribution in [0.5, 0.6) is 5.75 Å². The number of likely N-dealkylation sites (tertiary alicyclic amines) is 1. The number of carbonyl (C=O) groups is 1. The van der Waals surface area contributed by atoms with Crippen LogP contribution in [-0.4, -0.2) is 72.1 Å². The monoisotopic (exact) mass is 363 g/mol. The average molecular weight is 364 g/mol. The summed E-state index contributed by atoms with van der Waals surface area (Å²) in [4.78, 5) is 19.2. The maximum Gasteiger partial charge on any atom is 0.320 e. The van der Waals surface area contributed by atoms with Crippen molar-refractivity contribution in [3.63, 3.8) is 0 Å². The Labute approximate surface area is 154 Å². The number of ether oxygens (including phenoxy) is 1. The van der Waals surface area contributed by atoms with Gasteiger partial charge in [0.25, 0.3) is 0 Å². The predicted octanol–water partition coefficient (Wildman–Crippen LogP) is 3.08. The Balaban J connectivity index is 1.23. The Bertz CT molecular complexity index is 599. The Kier molecular flexibility index (Phi) is 5.04. The molecule has 1 aromatic carbocycles. The first-order valence-corrected chi connectivity index (χ1v) is 9.77. The van der Waals surface area contributed by atoms with Gasteiger partial charge in [0.15, 0.2) is 0 Å². The van der Waals surface area contributed by atoms with E-state index in [0.29, 0.717) is 18.1 Å². The van der Waals surface area contributed by atoms with Crippen LogP contribution >= 0.6 is 11.6 Å². The summed E-state index contributed by atoms with van der Waals surface area (Å²) in [5, 5.41) is 0.704. The number of carbonyl (C=O) groups excluding carboxylic acids is 1. The summed E-state index contributed by atoms with van der Waals surface area (Å²) in [5.41, 5.74) is 0. The van der Waals surface area contributed by atoms with E-state index in [0.717, 1.165) is 44.4 Å². The lowest BCUT2D eigenvalue weighted by Gasteiger charge is -2.41. The molecule has 3 fully saturated rings. The number of nitrogens with zero attached hydrogens (tertiary/aromatic N) is 3. The second-order valence-corrected chi connectivity index (χ2v) is 7.78. The van der Waals surface area contributed by atoms with E-state index in [1.165, 1.54) is 19.3 Å². The number of halogens is 1. The molecule has 2 amide bonds. The van der Waals surface area contributed by atoms with Crippen LogP contribution in [-0.2, 0) is 0 Å². The molecular weight excluding hydrogens is 338 g/mol. The highest BCUT2D eigenvalue weighted by Crippen LogP contribution is 2.26. The van der Waals surface area contributed by atoms with Crippen molar-refractivity contribution in [3.05, 3.63) is 29.3 Å². The zero-order valence-electron chi connectivity index (χ0n) is 14.6. The molecule has 4 rings (SSSR count). The van der Waals surface area contributed by atoms with Crippen molar-refractivity contribution in [3.8, 4) is 5.75 Å². The summed E-state index contributed by atoms with van der Waals surface area (Å²) >= 11 is 5.89. The van der Waals surface area contributed by atoms with Crippen LogP contribution in [0.1, 0.15) is 25.7 Å². The Morgan fingerprint density at radius 2 is 1.72 bits per heavy atom. The van der Waals surface area contributed by atoms with Crippen LogP contribution in [0.3, 0.4) is 0 Å². The highest BCUT2D eigenvalue weighted by Gasteiger charge is 2.36. The number of hydrogen-bond acceptors (Lipinski definition) is 3. The van der Waals surface area contributed by atoms with Crippen LogP contribution in [0.25, 0.3) is 0 Å². The van der Waals surface area contributed by atoms with Crippen molar-refractivity contribution >= 4 is 17.6 Å². The minimum absolute atomic E-state index is 0.0866. The van der Waals surface area contributed by atoms with Gasteiger partial charge in [-0.05, 0) is 43.5 Å². The van der Waals surface area contributed by atoms with Gasteiger partial charge in [0.2, 0.25) is 0 Å². The summed E-state index contributed by atoms with van der Waals surface area (Å²) in [6.45, 7) is 5.23. The van der Waals surface area contributed by atoms with Gasteiger partial charge in [-0.25, -0.2) is 4.79 Å². The van der Waals surface area contributed by atoms with Crippen LogP contribution in [0, 0.1) is 0 Å². The summed E-state index contributed by atoms with van der Waals surface area (Å²) < 4.78 is 5.89. The van der Waals surface area contributed by atoms with E-state index in [4.69, 9.17) is 16.3 Å². The first-order chi connectivity index (χ1) is 12.2. The van der Waals surface area contributed by atoms with E-state index in [1.807, 2.05) is 34.1 Å². The van der Waals surface area contributed by atoms with Crippen LogP contribution in [0.2, 0.25) is 5.02 Å². The maximum atomic E-state index is 12.7. The summed E-state index contributed by atoms with van der Waals surface area (Å²) in [6, 6.07) is 8.34. The lowest BCUT2D eigenvalue weighted by molar-refractivity contribution is 0.0308. The maximum absolute atomic E-state index is 12.7. The van der Waals surface area contributed by atoms with Gasteiger partial charge in [-0.2, -0.15) is 0 Å². The molecule has 2 saturated heterocycles. The fraction of sp³-hybridized carbons (Fsp3) is 0.632. The van der Waals surface area contributed by atoms with Crippen LogP contribution in [0.15, 0.2) is 24.3 Å². The third-order valence-electron chi connectivity index (χ3n) is 5.63. The van der Waals surface area contributed by atoms with Crippen molar-refractivity contribution in [1.29, 1.82) is 0 Å². The van der Waals surface area contributed by atoms with Gasteiger partial charge < -0.3 is 14.5 Å². The number of urea groups is 1. The third kappa shape index (κ3) is 3.87. The molecule has 136 valence electrons. The first kappa shape index (κ1) is 17.0. The Morgan fingerprint density at radius 1 is 0.960 bits per heavy atom. The highest BCUT2D eigenvalue weighted by molar-refractivity contribution is 6.30. The van der Waals surface area contributed by atoms with Crippen molar-refractivity contribution in [2.75, 3.05) is 39.3 Å². The average Bonchev–Trinajstić information content (AvgIpc) is 2.76. The summed E-state index contributed by atoms with van der Waals surface area (Å²) in [6.07, 6.45) is 5.21. The standard InChI is InChI=1S/C19H26ClN3O2/c20-15-5-7-17(8-6-15)25-18-13-23(14-18)19(24)22-10-2-9-21(11-12-22)16-3-1-4-16/h5-8,16,18H,1-4,9-14H2. The third-order valence-corrected chi connectivity index (χ3v) is 5.88. The largest absolute Gasteiger partial charge is 0.487 e. The number of amides is 2. The van der Waals surface area contributed by atoms with Gasteiger partial charge in [-0.3, -0.25) is 4.90 Å². The summed E-state index contributed by atoms with van der Waals surface area (Å²) in [7, 11) is 0. The molecule has 2 heterocycles. The fourth-order valence-corrected chi connectivity index (χ4v) is 3.95. The normalized spacial score (nSPS) is 22.9. The lowest BCUT2D eigenvalue weighted by Crippen LogP contribution is -2.60. The second-order valence-electron chi connectivity index (χ2n) is 7.34. The van der Waals surface area contributed by atoms with Gasteiger partial charge in [0, 0.05) is 37.2 Å². The van der Waals surface area contributed by atoms with Crippen molar-refractivity contribution < 1.29 is 9.53 Å². The molecule has 6 heteroatoms. The lowest BCUT2D eigenvalue weighted by atomic mass is 9.91. The molecule has 1 saturated carbocycles. The first-order valence-electron chi connectivity index (χ1n) is 9.39. The van der Waals surface area contributed by atoms with E-state index in [-0.39, 0.29) is 12.1 Å². The fourth-order valence-electron chi connectivity index (χ4n) is 3.82. The van der Waals surface area contributed by atoms with Gasteiger partial charge >= 0.3 is 6.03 Å². The topological polar surface area (TPSA) is 36.0 Å². The van der Waals surface area contributed by atoms with Gasteiger partial charge in [0.05, 0.1) is 13.1 Å². The molecule has 0 radical (unpaired) electrons. The quantitative estimate of drug-likeness (QED) is 0.828. The summed E-state index contributed by atoms with van der Waals surface area (Å²) in [5.74, 6) is 0.812. The van der Waals surface area contributed by atoms with E-state index in [2.05, 4.69) is 4.90 Å².